The second kappa shape index (κ2) is 7.36. The average Bonchev–Trinajstić information content (AvgIpc) is 2.51. The molecule has 0 atom stereocenters. The van der Waals surface area contributed by atoms with Crippen LogP contribution in [0.2, 0.25) is 0 Å². The first kappa shape index (κ1) is 16.4. The number of nitrogens with one attached hydrogen (secondary N) is 2. The van der Waals surface area contributed by atoms with Crippen LogP contribution in [0.4, 0.5) is 10.7 Å². The lowest BCUT2D eigenvalue weighted by atomic mass is 10.3. The number of nitrogens with zero attached hydrogens (tertiary/aromatic N) is 4. The van der Waals surface area contributed by atoms with E-state index in [9.17, 15) is 13.2 Å². The van der Waals surface area contributed by atoms with Gasteiger partial charge < -0.3 is 15.1 Å². The summed E-state index contributed by atoms with van der Waals surface area (Å²) in [5.41, 5.74) is 0. The number of carbonyl (C=O) groups is 1. The minimum atomic E-state index is -3.22. The summed E-state index contributed by atoms with van der Waals surface area (Å²) in [6.07, 6.45) is 4.46. The summed E-state index contributed by atoms with van der Waals surface area (Å²) in [4.78, 5) is 24.0. The molecule has 1 aliphatic heterocycles. The van der Waals surface area contributed by atoms with Gasteiger partial charge in [-0.15, -0.1) is 0 Å². The molecule has 1 aromatic heterocycles. The third kappa shape index (κ3) is 5.11. The van der Waals surface area contributed by atoms with E-state index in [1.54, 1.807) is 23.4 Å². The number of rotatable bonds is 5. The van der Waals surface area contributed by atoms with E-state index >= 15 is 0 Å². The summed E-state index contributed by atoms with van der Waals surface area (Å²) in [5, 5.41) is 2.69. The fourth-order valence-electron chi connectivity index (χ4n) is 2.08. The Kier molecular flexibility index (Phi) is 5.50. The number of carbonyl (C=O) groups excluding carboxylic acids is 1. The molecule has 10 heteroatoms. The van der Waals surface area contributed by atoms with Gasteiger partial charge in [0.2, 0.25) is 16.0 Å². The van der Waals surface area contributed by atoms with Crippen LogP contribution in [0.15, 0.2) is 18.5 Å². The predicted octanol–water partition coefficient (Wildman–Crippen LogP) is -1.14. The Bertz CT molecular complexity index is 586. The predicted molar refractivity (Wildman–Crippen MR) is 82.1 cm³/mol. The molecule has 1 aliphatic rings. The van der Waals surface area contributed by atoms with Crippen LogP contribution in [0, 0.1) is 0 Å². The van der Waals surface area contributed by atoms with Gasteiger partial charge in [-0.05, 0) is 6.07 Å². The SMILES string of the molecule is CS(=O)(=O)NCCNC(=O)N1CCN(c2ncccn2)CC1. The molecule has 2 amide bonds. The summed E-state index contributed by atoms with van der Waals surface area (Å²) in [7, 11) is -3.22. The van der Waals surface area contributed by atoms with Gasteiger partial charge in [0.15, 0.2) is 0 Å². The summed E-state index contributed by atoms with van der Waals surface area (Å²) in [5.74, 6) is 0.667. The molecule has 1 aromatic rings. The zero-order chi connectivity index (χ0) is 16.0. The molecular weight excluding hydrogens is 308 g/mol. The number of aromatic nitrogens is 2. The Labute approximate surface area is 129 Å². The molecular formula is C12H20N6O3S. The number of urea groups is 1. The van der Waals surface area contributed by atoms with Crippen molar-refractivity contribution in [2.75, 3.05) is 50.4 Å². The summed E-state index contributed by atoms with van der Waals surface area (Å²) in [6, 6.07) is 1.57. The van der Waals surface area contributed by atoms with Crippen LogP contribution in [0.25, 0.3) is 0 Å². The van der Waals surface area contributed by atoms with Crippen molar-refractivity contribution in [2.45, 2.75) is 0 Å². The highest BCUT2D eigenvalue weighted by Crippen LogP contribution is 2.09. The van der Waals surface area contributed by atoms with Crippen LogP contribution in [0.3, 0.4) is 0 Å². The maximum absolute atomic E-state index is 12.0. The summed E-state index contributed by atoms with van der Waals surface area (Å²) >= 11 is 0. The molecule has 2 rings (SSSR count). The Morgan fingerprint density at radius 3 is 2.41 bits per heavy atom. The van der Waals surface area contributed by atoms with Crippen molar-refractivity contribution >= 4 is 22.0 Å². The third-order valence-electron chi connectivity index (χ3n) is 3.17. The van der Waals surface area contributed by atoms with Gasteiger partial charge in [-0.2, -0.15) is 0 Å². The van der Waals surface area contributed by atoms with Gasteiger partial charge in [-0.1, -0.05) is 0 Å². The quantitative estimate of drug-likeness (QED) is 0.662. The third-order valence-corrected chi connectivity index (χ3v) is 3.90. The lowest BCUT2D eigenvalue weighted by molar-refractivity contribution is 0.194. The van der Waals surface area contributed by atoms with Gasteiger partial charge in [-0.25, -0.2) is 27.9 Å². The van der Waals surface area contributed by atoms with Crippen LogP contribution in [0.5, 0.6) is 0 Å². The van der Waals surface area contributed by atoms with Crippen molar-refractivity contribution in [3.63, 3.8) is 0 Å². The second-order valence-corrected chi connectivity index (χ2v) is 6.75. The highest BCUT2D eigenvalue weighted by atomic mass is 32.2. The number of sulfonamides is 1. The molecule has 22 heavy (non-hydrogen) atoms. The largest absolute Gasteiger partial charge is 0.337 e. The number of anilines is 1. The molecule has 0 aromatic carbocycles. The highest BCUT2D eigenvalue weighted by molar-refractivity contribution is 7.88. The van der Waals surface area contributed by atoms with E-state index in [1.165, 1.54) is 0 Å². The lowest BCUT2D eigenvalue weighted by Gasteiger charge is -2.34. The van der Waals surface area contributed by atoms with E-state index in [0.29, 0.717) is 32.1 Å². The fraction of sp³-hybridized carbons (Fsp3) is 0.583. The van der Waals surface area contributed by atoms with Crippen molar-refractivity contribution in [2.24, 2.45) is 0 Å². The first-order chi connectivity index (χ1) is 10.5. The molecule has 0 aliphatic carbocycles. The molecule has 0 bridgehead atoms. The molecule has 9 nitrogen and oxygen atoms in total. The van der Waals surface area contributed by atoms with E-state index < -0.39 is 10.0 Å². The van der Waals surface area contributed by atoms with Gasteiger partial charge >= 0.3 is 6.03 Å². The van der Waals surface area contributed by atoms with Crippen molar-refractivity contribution < 1.29 is 13.2 Å². The minimum Gasteiger partial charge on any atom is -0.337 e. The number of amides is 2. The molecule has 2 heterocycles. The smallest absolute Gasteiger partial charge is 0.317 e. The molecule has 0 saturated carbocycles. The fourth-order valence-corrected chi connectivity index (χ4v) is 2.55. The lowest BCUT2D eigenvalue weighted by Crippen LogP contribution is -2.52. The van der Waals surface area contributed by atoms with E-state index in [2.05, 4.69) is 20.0 Å². The van der Waals surface area contributed by atoms with Crippen molar-refractivity contribution in [1.29, 1.82) is 0 Å². The Hall–Kier alpha value is -1.94. The van der Waals surface area contributed by atoms with E-state index in [-0.39, 0.29) is 19.1 Å². The van der Waals surface area contributed by atoms with Gasteiger partial charge in [0.25, 0.3) is 0 Å². The Morgan fingerprint density at radius 2 is 1.82 bits per heavy atom. The van der Waals surface area contributed by atoms with Crippen LogP contribution in [0.1, 0.15) is 0 Å². The zero-order valence-electron chi connectivity index (χ0n) is 12.4. The molecule has 0 radical (unpaired) electrons. The van der Waals surface area contributed by atoms with Crippen molar-refractivity contribution in [1.82, 2.24) is 24.9 Å². The van der Waals surface area contributed by atoms with E-state index in [1.807, 2.05) is 4.90 Å². The molecule has 1 fully saturated rings. The normalized spacial score (nSPS) is 15.7. The van der Waals surface area contributed by atoms with E-state index in [4.69, 9.17) is 0 Å². The van der Waals surface area contributed by atoms with Crippen LogP contribution >= 0.6 is 0 Å². The molecule has 0 unspecified atom stereocenters. The molecule has 2 N–H and O–H groups in total. The highest BCUT2D eigenvalue weighted by Gasteiger charge is 2.22. The van der Waals surface area contributed by atoms with Crippen LogP contribution in [-0.2, 0) is 10.0 Å². The van der Waals surface area contributed by atoms with Crippen LogP contribution in [-0.4, -0.2) is 74.8 Å². The minimum absolute atomic E-state index is 0.183. The second-order valence-electron chi connectivity index (χ2n) is 4.92. The van der Waals surface area contributed by atoms with Gasteiger partial charge in [0.1, 0.15) is 0 Å². The Morgan fingerprint density at radius 1 is 1.18 bits per heavy atom. The first-order valence-corrected chi connectivity index (χ1v) is 8.84. The average molecular weight is 328 g/mol. The van der Waals surface area contributed by atoms with Crippen molar-refractivity contribution in [3.05, 3.63) is 18.5 Å². The monoisotopic (exact) mass is 328 g/mol. The number of hydrogen-bond acceptors (Lipinski definition) is 6. The van der Waals surface area contributed by atoms with Gasteiger partial charge in [-0.3, -0.25) is 0 Å². The standard InChI is InChI=1S/C12H20N6O3S/c1-22(20,21)16-6-5-15-12(19)18-9-7-17(8-10-18)11-13-3-2-4-14-11/h2-4,16H,5-10H2,1H3,(H,15,19). The van der Waals surface area contributed by atoms with Gasteiger partial charge in [0, 0.05) is 51.7 Å². The van der Waals surface area contributed by atoms with Crippen molar-refractivity contribution in [3.8, 4) is 0 Å². The topological polar surface area (TPSA) is 108 Å². The maximum Gasteiger partial charge on any atom is 0.317 e. The van der Waals surface area contributed by atoms with Gasteiger partial charge in [0.05, 0.1) is 6.26 Å². The van der Waals surface area contributed by atoms with Crippen LogP contribution < -0.4 is 14.9 Å². The first-order valence-electron chi connectivity index (χ1n) is 6.95. The summed E-state index contributed by atoms with van der Waals surface area (Å²) in [6.45, 7) is 2.92. The Balaban J connectivity index is 1.71. The number of hydrogen-bond donors (Lipinski definition) is 2. The van der Waals surface area contributed by atoms with E-state index in [0.717, 1.165) is 6.26 Å². The number of piperazine rings is 1. The molecule has 0 spiro atoms. The maximum atomic E-state index is 12.0. The molecule has 1 saturated heterocycles. The summed E-state index contributed by atoms with van der Waals surface area (Å²) < 4.78 is 24.1. The zero-order valence-corrected chi connectivity index (χ0v) is 13.2. The molecule has 122 valence electrons.